The van der Waals surface area contributed by atoms with Crippen molar-refractivity contribution in [1.82, 2.24) is 4.98 Å². The van der Waals surface area contributed by atoms with Crippen LogP contribution in [0.2, 0.25) is 0 Å². The zero-order chi connectivity index (χ0) is 12.6. The Hall–Kier alpha value is -0.940. The highest BCUT2D eigenvalue weighted by Gasteiger charge is 2.40. The van der Waals surface area contributed by atoms with E-state index < -0.39 is 0 Å². The molecule has 0 aliphatic carbocycles. The predicted octanol–water partition coefficient (Wildman–Crippen LogP) is 2.13. The van der Waals surface area contributed by atoms with Crippen molar-refractivity contribution >= 4 is 22.3 Å². The average molecular weight is 254 g/mol. The summed E-state index contributed by atoms with van der Waals surface area (Å²) in [6.45, 7) is 7.41. The van der Waals surface area contributed by atoms with Crippen molar-refractivity contribution in [2.75, 3.05) is 25.1 Å². The van der Waals surface area contributed by atoms with E-state index in [0.717, 1.165) is 29.5 Å². The molecule has 1 aliphatic heterocycles. The number of ketones is 1. The second kappa shape index (κ2) is 4.38. The average Bonchev–Trinajstić information content (AvgIpc) is 2.68. The third-order valence-corrected chi connectivity index (χ3v) is 4.42. The molecule has 0 bridgehead atoms. The first-order valence-corrected chi connectivity index (χ1v) is 6.61. The van der Waals surface area contributed by atoms with Gasteiger partial charge in [0.1, 0.15) is 5.69 Å². The van der Waals surface area contributed by atoms with Crippen molar-refractivity contribution in [2.45, 2.75) is 32.8 Å². The normalized spacial score (nSPS) is 18.0. The summed E-state index contributed by atoms with van der Waals surface area (Å²) in [6.07, 6.45) is 0.863. The van der Waals surface area contributed by atoms with Crippen LogP contribution >= 0.6 is 11.3 Å². The van der Waals surface area contributed by atoms with Gasteiger partial charge in [-0.25, -0.2) is 4.98 Å². The second-order valence-electron chi connectivity index (χ2n) is 4.69. The highest BCUT2D eigenvalue weighted by molar-refractivity contribution is 7.15. The minimum Gasteiger partial charge on any atom is -0.375 e. The quantitative estimate of drug-likeness (QED) is 0.772. The fourth-order valence-corrected chi connectivity index (χ4v) is 3.06. The van der Waals surface area contributed by atoms with Crippen LogP contribution < -0.4 is 4.90 Å². The van der Waals surface area contributed by atoms with Gasteiger partial charge in [-0.3, -0.25) is 4.79 Å². The van der Waals surface area contributed by atoms with Gasteiger partial charge in [0, 0.05) is 18.9 Å². The maximum atomic E-state index is 11.5. The number of methoxy groups -OCH3 is 1. The molecule has 1 aliphatic rings. The Morgan fingerprint density at radius 2 is 2.24 bits per heavy atom. The molecule has 0 atom stereocenters. The van der Waals surface area contributed by atoms with Crippen LogP contribution in [0.5, 0.6) is 0 Å². The van der Waals surface area contributed by atoms with E-state index in [0.29, 0.717) is 5.69 Å². The minimum atomic E-state index is -0.0611. The maximum Gasteiger partial charge on any atom is 0.186 e. The highest BCUT2D eigenvalue weighted by Crippen LogP contribution is 2.34. The van der Waals surface area contributed by atoms with Crippen molar-refractivity contribution in [3.8, 4) is 0 Å². The highest BCUT2D eigenvalue weighted by atomic mass is 32.1. The van der Waals surface area contributed by atoms with Crippen LogP contribution in [0.1, 0.15) is 36.1 Å². The Balaban J connectivity index is 2.16. The summed E-state index contributed by atoms with van der Waals surface area (Å²) in [5, 5.41) is 0.946. The van der Waals surface area contributed by atoms with Gasteiger partial charge in [-0.2, -0.15) is 0 Å². The topological polar surface area (TPSA) is 42.4 Å². The molecule has 17 heavy (non-hydrogen) atoms. The smallest absolute Gasteiger partial charge is 0.186 e. The van der Waals surface area contributed by atoms with Gasteiger partial charge in [0.25, 0.3) is 0 Å². The summed E-state index contributed by atoms with van der Waals surface area (Å²) in [4.78, 5) is 19.1. The Bertz CT molecular complexity index is 436. The van der Waals surface area contributed by atoms with Crippen LogP contribution in [0, 0.1) is 0 Å². The first-order chi connectivity index (χ1) is 7.99. The summed E-state index contributed by atoms with van der Waals surface area (Å²) >= 11 is 1.62. The van der Waals surface area contributed by atoms with Crippen LogP contribution in [0.15, 0.2) is 0 Å². The summed E-state index contributed by atoms with van der Waals surface area (Å²) in [6, 6.07) is 0. The Morgan fingerprint density at radius 1 is 1.59 bits per heavy atom. The predicted molar refractivity (Wildman–Crippen MR) is 69.1 cm³/mol. The lowest BCUT2D eigenvalue weighted by molar-refractivity contribution is -0.0167. The van der Waals surface area contributed by atoms with Crippen molar-refractivity contribution in [2.24, 2.45) is 0 Å². The monoisotopic (exact) mass is 254 g/mol. The molecule has 0 N–H and O–H groups in total. The van der Waals surface area contributed by atoms with Gasteiger partial charge in [-0.15, -0.1) is 11.3 Å². The molecule has 0 saturated carbocycles. The first-order valence-electron chi connectivity index (χ1n) is 5.80. The largest absolute Gasteiger partial charge is 0.375 e. The van der Waals surface area contributed by atoms with E-state index in [9.17, 15) is 4.79 Å². The van der Waals surface area contributed by atoms with Gasteiger partial charge in [0.05, 0.1) is 18.7 Å². The number of hydrogen-bond donors (Lipinski definition) is 0. The van der Waals surface area contributed by atoms with Gasteiger partial charge in [0.15, 0.2) is 10.9 Å². The number of thiazole rings is 1. The van der Waals surface area contributed by atoms with Gasteiger partial charge in [-0.05, 0) is 13.3 Å². The Kier molecular flexibility index (Phi) is 3.23. The molecule has 1 aromatic rings. The Labute approximate surface area is 106 Å². The molecule has 1 saturated heterocycles. The molecular formula is C12H18N2O2S. The number of aromatic nitrogens is 1. The number of Topliss-reactive ketones (excluding diaryl/α,β-unsaturated/α-hetero) is 1. The third kappa shape index (κ3) is 2.21. The second-order valence-corrected chi connectivity index (χ2v) is 5.75. The molecule has 0 spiro atoms. The summed E-state index contributed by atoms with van der Waals surface area (Å²) in [5.41, 5.74) is 0.576. The molecule has 5 heteroatoms. The maximum absolute atomic E-state index is 11.5. The molecule has 1 aromatic heterocycles. The number of carbonyl (C=O) groups is 1. The number of ether oxygens (including phenoxy) is 1. The van der Waals surface area contributed by atoms with Gasteiger partial charge >= 0.3 is 0 Å². The molecule has 94 valence electrons. The van der Waals surface area contributed by atoms with Gasteiger partial charge < -0.3 is 9.64 Å². The number of rotatable bonds is 4. The summed E-state index contributed by atoms with van der Waals surface area (Å²) in [5.74, 6) is 0.0550. The summed E-state index contributed by atoms with van der Waals surface area (Å²) < 4.78 is 5.40. The van der Waals surface area contributed by atoms with E-state index in [1.54, 1.807) is 25.4 Å². The van der Waals surface area contributed by atoms with Crippen molar-refractivity contribution < 1.29 is 9.53 Å². The third-order valence-electron chi connectivity index (χ3n) is 3.15. The number of anilines is 1. The minimum absolute atomic E-state index is 0.0550. The molecule has 0 radical (unpaired) electrons. The molecule has 2 heterocycles. The molecule has 1 fully saturated rings. The number of aryl methyl sites for hydroxylation is 1. The number of carbonyl (C=O) groups excluding carboxylic acids is 1. The molecule has 0 aromatic carbocycles. The zero-order valence-electron chi connectivity index (χ0n) is 10.7. The molecule has 2 rings (SSSR count). The van der Waals surface area contributed by atoms with Crippen LogP contribution in [0.25, 0.3) is 0 Å². The number of nitrogens with zero attached hydrogens (tertiary/aromatic N) is 2. The van der Waals surface area contributed by atoms with Crippen molar-refractivity contribution in [1.29, 1.82) is 0 Å². The lowest BCUT2D eigenvalue weighted by atomic mass is 9.97. The van der Waals surface area contributed by atoms with Crippen LogP contribution in [-0.2, 0) is 11.2 Å². The lowest BCUT2D eigenvalue weighted by Crippen LogP contribution is -2.61. The van der Waals surface area contributed by atoms with E-state index in [2.05, 4.69) is 23.7 Å². The van der Waals surface area contributed by atoms with Crippen molar-refractivity contribution in [3.63, 3.8) is 0 Å². The fraction of sp³-hybridized carbons (Fsp3) is 0.667. The summed E-state index contributed by atoms with van der Waals surface area (Å²) in [7, 11) is 1.73. The number of hydrogen-bond acceptors (Lipinski definition) is 5. The van der Waals surface area contributed by atoms with Gasteiger partial charge in [0.2, 0.25) is 0 Å². The standard InChI is InChI=1S/C12H18N2O2S/c1-5-9-10(8(2)15)13-11(17-9)14-6-12(3,7-14)16-4/h5-7H2,1-4H3. The Morgan fingerprint density at radius 3 is 2.65 bits per heavy atom. The van der Waals surface area contributed by atoms with E-state index >= 15 is 0 Å². The van der Waals surface area contributed by atoms with E-state index in [-0.39, 0.29) is 11.4 Å². The first kappa shape index (κ1) is 12.5. The molecule has 4 nitrogen and oxygen atoms in total. The zero-order valence-corrected chi connectivity index (χ0v) is 11.6. The van der Waals surface area contributed by atoms with Crippen LogP contribution in [0.3, 0.4) is 0 Å². The molecule has 0 amide bonds. The lowest BCUT2D eigenvalue weighted by Gasteiger charge is -2.46. The van der Waals surface area contributed by atoms with Crippen LogP contribution in [-0.4, -0.2) is 36.6 Å². The van der Waals surface area contributed by atoms with E-state index in [4.69, 9.17) is 4.74 Å². The van der Waals surface area contributed by atoms with Crippen LogP contribution in [0.4, 0.5) is 5.13 Å². The van der Waals surface area contributed by atoms with E-state index in [1.165, 1.54) is 0 Å². The van der Waals surface area contributed by atoms with Gasteiger partial charge in [-0.1, -0.05) is 6.92 Å². The SMILES string of the molecule is CCc1sc(N2CC(C)(OC)C2)nc1C(C)=O. The van der Waals surface area contributed by atoms with E-state index in [1.807, 2.05) is 0 Å². The molecular weight excluding hydrogens is 236 g/mol. The molecule has 0 unspecified atom stereocenters. The van der Waals surface area contributed by atoms with Crippen molar-refractivity contribution in [3.05, 3.63) is 10.6 Å². The fourth-order valence-electron chi connectivity index (χ4n) is 2.01.